The van der Waals surface area contributed by atoms with Crippen LogP contribution in [-0.2, 0) is 4.74 Å². The van der Waals surface area contributed by atoms with E-state index >= 15 is 0 Å². The molecule has 1 aromatic rings. The first-order chi connectivity index (χ1) is 14.8. The van der Waals surface area contributed by atoms with E-state index in [0.717, 1.165) is 37.7 Å². The lowest BCUT2D eigenvalue weighted by atomic mass is 9.58. The lowest BCUT2D eigenvalue weighted by molar-refractivity contribution is -0.161. The molecule has 7 atom stereocenters. The summed E-state index contributed by atoms with van der Waals surface area (Å²) in [6, 6.07) is 4.12. The van der Waals surface area contributed by atoms with Gasteiger partial charge in [0.15, 0.2) is 0 Å². The van der Waals surface area contributed by atoms with Crippen LogP contribution in [0.15, 0.2) is 53.9 Å². The fraction of sp³-hybridized carbons (Fsp3) is 0.577. The number of allylic oxidation sites excluding steroid dienone is 3. The van der Waals surface area contributed by atoms with E-state index in [1.807, 2.05) is 31.4 Å². The van der Waals surface area contributed by atoms with Gasteiger partial charge in [-0.25, -0.2) is 0 Å². The summed E-state index contributed by atoms with van der Waals surface area (Å²) >= 11 is 0. The van der Waals surface area contributed by atoms with Crippen LogP contribution >= 0.6 is 0 Å². The molecular weight excluding hydrogens is 388 g/mol. The number of likely N-dealkylation sites (N-methyl/N-ethyl adjacent to an activating group) is 1. The van der Waals surface area contributed by atoms with E-state index in [2.05, 4.69) is 42.3 Å². The molecule has 1 saturated carbocycles. The van der Waals surface area contributed by atoms with E-state index in [4.69, 9.17) is 4.74 Å². The predicted octanol–water partition coefficient (Wildman–Crippen LogP) is 3.11. The Morgan fingerprint density at radius 3 is 2.65 bits per heavy atom. The molecule has 7 unspecified atom stereocenters. The van der Waals surface area contributed by atoms with Crippen LogP contribution in [0, 0.1) is 11.3 Å². The first-order valence-electron chi connectivity index (χ1n) is 11.6. The molecule has 1 saturated heterocycles. The Kier molecular flexibility index (Phi) is 4.09. The Bertz CT molecular complexity index is 1010. The number of hydrogen-bond donors (Lipinski definition) is 2. The van der Waals surface area contributed by atoms with Gasteiger partial charge in [0.05, 0.1) is 17.3 Å². The minimum atomic E-state index is -0.874. The zero-order valence-electron chi connectivity index (χ0n) is 18.6. The average molecular weight is 421 g/mol. The number of aliphatic hydroxyl groups is 2. The van der Waals surface area contributed by atoms with E-state index in [-0.39, 0.29) is 17.1 Å². The summed E-state index contributed by atoms with van der Waals surface area (Å²) in [6.07, 6.45) is 13.6. The van der Waals surface area contributed by atoms with Crippen molar-refractivity contribution in [1.29, 1.82) is 0 Å². The first kappa shape index (κ1) is 19.9. The Labute approximate surface area is 184 Å². The molecule has 5 heteroatoms. The number of hydrogen-bond acceptors (Lipinski definition) is 5. The van der Waals surface area contributed by atoms with Gasteiger partial charge in [0, 0.05) is 29.8 Å². The lowest BCUT2D eigenvalue weighted by Gasteiger charge is -2.55. The van der Waals surface area contributed by atoms with Gasteiger partial charge in [0.25, 0.3) is 0 Å². The minimum Gasteiger partial charge on any atom is -0.388 e. The molecule has 3 heterocycles. The van der Waals surface area contributed by atoms with Crippen LogP contribution < -0.4 is 0 Å². The van der Waals surface area contributed by atoms with Gasteiger partial charge in [0.1, 0.15) is 6.10 Å². The van der Waals surface area contributed by atoms with E-state index in [1.54, 1.807) is 0 Å². The number of ether oxygens (including phenoxy) is 1. The summed E-state index contributed by atoms with van der Waals surface area (Å²) in [6.45, 7) is 2.40. The predicted molar refractivity (Wildman–Crippen MR) is 119 cm³/mol. The molecule has 0 radical (unpaired) electrons. The third kappa shape index (κ3) is 2.44. The van der Waals surface area contributed by atoms with Crippen molar-refractivity contribution in [2.24, 2.45) is 11.3 Å². The van der Waals surface area contributed by atoms with Gasteiger partial charge in [0.2, 0.25) is 0 Å². The van der Waals surface area contributed by atoms with Gasteiger partial charge >= 0.3 is 0 Å². The van der Waals surface area contributed by atoms with Crippen LogP contribution in [0.2, 0.25) is 0 Å². The highest BCUT2D eigenvalue weighted by molar-refractivity contribution is 5.74. The minimum absolute atomic E-state index is 0.0233. The Morgan fingerprint density at radius 1 is 1.13 bits per heavy atom. The second-order valence-corrected chi connectivity index (χ2v) is 10.7. The van der Waals surface area contributed by atoms with Crippen molar-refractivity contribution >= 4 is 5.57 Å². The maximum Gasteiger partial charge on any atom is 0.105 e. The Morgan fingerprint density at radius 2 is 1.90 bits per heavy atom. The third-order valence-electron chi connectivity index (χ3n) is 9.08. The Balaban J connectivity index is 1.43. The second-order valence-electron chi connectivity index (χ2n) is 10.7. The lowest BCUT2D eigenvalue weighted by Crippen LogP contribution is -2.61. The van der Waals surface area contributed by atoms with Crippen LogP contribution in [0.4, 0.5) is 0 Å². The summed E-state index contributed by atoms with van der Waals surface area (Å²) in [5.41, 5.74) is 4.03. The largest absolute Gasteiger partial charge is 0.388 e. The highest BCUT2D eigenvalue weighted by atomic mass is 16.5. The molecule has 2 bridgehead atoms. The standard InChI is InChI=1S/C26H32N2O3/c1-24-9-6-17-14-19-22(29)23(30)20(28(2)3)15-25(19)10-11-26(17,31-25)21(24)5-4-18(24)16-7-12-27-13-8-16/h4,6-8,12-14,20-23,29-30H,5,9-11,15H2,1-3H3. The average Bonchev–Trinajstić information content (AvgIpc) is 3.27. The normalized spacial score (nSPS) is 45.4. The quantitative estimate of drug-likeness (QED) is 0.770. The second kappa shape index (κ2) is 6.38. The smallest absolute Gasteiger partial charge is 0.105 e. The summed E-state index contributed by atoms with van der Waals surface area (Å²) in [7, 11) is 3.95. The van der Waals surface area contributed by atoms with Crippen LogP contribution in [0.3, 0.4) is 0 Å². The zero-order chi connectivity index (χ0) is 21.6. The van der Waals surface area contributed by atoms with Crippen molar-refractivity contribution < 1.29 is 14.9 Å². The van der Waals surface area contributed by atoms with Crippen molar-refractivity contribution in [2.75, 3.05) is 14.1 Å². The maximum atomic E-state index is 11.1. The van der Waals surface area contributed by atoms with Gasteiger partial charge in [-0.05, 0) is 80.6 Å². The molecule has 0 aromatic carbocycles. The van der Waals surface area contributed by atoms with Crippen LogP contribution in [0.1, 0.15) is 44.6 Å². The van der Waals surface area contributed by atoms with Gasteiger partial charge in [-0.15, -0.1) is 0 Å². The molecule has 31 heavy (non-hydrogen) atoms. The van der Waals surface area contributed by atoms with Crippen LogP contribution in [0.5, 0.6) is 0 Å². The fourth-order valence-electron chi connectivity index (χ4n) is 7.48. The fourth-order valence-corrected chi connectivity index (χ4v) is 7.48. The van der Waals surface area contributed by atoms with E-state index in [9.17, 15) is 10.2 Å². The molecule has 2 fully saturated rings. The highest BCUT2D eigenvalue weighted by Crippen LogP contribution is 2.67. The number of fused-ring (bicyclic) bond motifs is 1. The van der Waals surface area contributed by atoms with Crippen molar-refractivity contribution in [2.45, 2.75) is 68.5 Å². The molecule has 5 nitrogen and oxygen atoms in total. The topological polar surface area (TPSA) is 65.8 Å². The number of pyridine rings is 1. The molecule has 0 amide bonds. The van der Waals surface area contributed by atoms with Gasteiger partial charge in [-0.3, -0.25) is 4.98 Å². The highest BCUT2D eigenvalue weighted by Gasteiger charge is 2.67. The van der Waals surface area contributed by atoms with Crippen molar-refractivity contribution in [3.05, 3.63) is 59.5 Å². The number of aliphatic hydroxyl groups excluding tert-OH is 2. The molecule has 164 valence electrons. The van der Waals surface area contributed by atoms with Gasteiger partial charge in [-0.1, -0.05) is 25.2 Å². The van der Waals surface area contributed by atoms with E-state index < -0.39 is 17.8 Å². The molecule has 1 aromatic heterocycles. The number of nitrogens with zero attached hydrogens (tertiary/aromatic N) is 2. The van der Waals surface area contributed by atoms with E-state index in [0.29, 0.717) is 5.92 Å². The van der Waals surface area contributed by atoms with Crippen molar-refractivity contribution in [3.63, 3.8) is 0 Å². The zero-order valence-corrected chi connectivity index (χ0v) is 18.6. The molecule has 2 aliphatic heterocycles. The molecule has 2 spiro atoms. The van der Waals surface area contributed by atoms with Crippen molar-refractivity contribution in [1.82, 2.24) is 9.88 Å². The van der Waals surface area contributed by atoms with Gasteiger partial charge < -0.3 is 19.8 Å². The molecule has 6 rings (SSSR count). The number of rotatable bonds is 2. The first-order valence-corrected chi connectivity index (χ1v) is 11.6. The SMILES string of the molecule is CN(C)C1CC23CCC4(O2)C(=CCC2(C)C(c5ccncc5)=CCC24)C=C3C(O)C1O. The molecule has 5 aliphatic rings. The monoisotopic (exact) mass is 420 g/mol. The summed E-state index contributed by atoms with van der Waals surface area (Å²) in [5.74, 6) is 0.377. The maximum absolute atomic E-state index is 11.1. The molecule has 3 aliphatic carbocycles. The summed E-state index contributed by atoms with van der Waals surface area (Å²) in [4.78, 5) is 6.24. The Hall–Kier alpha value is -1.79. The van der Waals surface area contributed by atoms with E-state index in [1.165, 1.54) is 16.7 Å². The summed E-state index contributed by atoms with van der Waals surface area (Å²) < 4.78 is 7.16. The third-order valence-corrected chi connectivity index (χ3v) is 9.08. The van der Waals surface area contributed by atoms with Crippen LogP contribution in [0.25, 0.3) is 5.57 Å². The molecule has 2 N–H and O–H groups in total. The van der Waals surface area contributed by atoms with Crippen LogP contribution in [-0.4, -0.2) is 63.6 Å². The molecular formula is C26H32N2O3. The van der Waals surface area contributed by atoms with Gasteiger partial charge in [-0.2, -0.15) is 0 Å². The van der Waals surface area contributed by atoms with Crippen molar-refractivity contribution in [3.8, 4) is 0 Å². The summed E-state index contributed by atoms with van der Waals surface area (Å²) in [5, 5.41) is 21.9. The number of aromatic nitrogens is 1.